The van der Waals surface area contributed by atoms with E-state index in [-0.39, 0.29) is 11.4 Å². The fraction of sp³-hybridized carbons (Fsp3) is 0.200. The van der Waals surface area contributed by atoms with Crippen molar-refractivity contribution < 1.29 is 13.7 Å². The molecule has 1 aromatic carbocycles. The van der Waals surface area contributed by atoms with Gasteiger partial charge in [-0.1, -0.05) is 23.4 Å². The lowest BCUT2D eigenvalue weighted by Crippen LogP contribution is -2.34. The van der Waals surface area contributed by atoms with Crippen LogP contribution < -0.4 is 10.6 Å². The van der Waals surface area contributed by atoms with Crippen molar-refractivity contribution in [3.05, 3.63) is 58.4 Å². The van der Waals surface area contributed by atoms with Crippen molar-refractivity contribution in [3.8, 4) is 0 Å². The van der Waals surface area contributed by atoms with Crippen LogP contribution in [0.2, 0.25) is 0 Å². The van der Waals surface area contributed by atoms with Crippen molar-refractivity contribution in [3.63, 3.8) is 0 Å². The van der Waals surface area contributed by atoms with Crippen LogP contribution in [0.15, 0.2) is 35.0 Å². The summed E-state index contributed by atoms with van der Waals surface area (Å²) in [4.78, 5) is 21.3. The van der Waals surface area contributed by atoms with Crippen molar-refractivity contribution in [1.29, 1.82) is 0 Å². The van der Waals surface area contributed by atoms with E-state index in [4.69, 9.17) is 4.52 Å². The van der Waals surface area contributed by atoms with Gasteiger partial charge in [-0.15, -0.1) is 11.3 Å². The number of hydrogen-bond donors (Lipinski definition) is 2. The first-order valence-corrected chi connectivity index (χ1v) is 7.89. The minimum atomic E-state index is -0.885. The molecule has 7 nitrogen and oxygen atoms in total. The number of benzene rings is 1. The van der Waals surface area contributed by atoms with E-state index in [1.807, 2.05) is 6.92 Å². The average Bonchev–Trinajstić information content (AvgIpc) is 3.14. The van der Waals surface area contributed by atoms with Crippen LogP contribution in [0.3, 0.4) is 0 Å². The third-order valence-corrected chi connectivity index (χ3v) is 3.96. The third-order valence-electron chi connectivity index (χ3n) is 3.13. The molecule has 0 saturated heterocycles. The summed E-state index contributed by atoms with van der Waals surface area (Å²) in [5, 5.41) is 9.50. The number of aromatic nitrogens is 3. The summed E-state index contributed by atoms with van der Waals surface area (Å²) in [5.74, 6) is 0.0162. The van der Waals surface area contributed by atoms with Gasteiger partial charge >= 0.3 is 6.03 Å². The molecule has 1 atom stereocenters. The molecule has 2 heterocycles. The largest absolute Gasteiger partial charge is 0.340 e. The molecule has 2 N–H and O–H groups in total. The van der Waals surface area contributed by atoms with Crippen molar-refractivity contribution >= 4 is 22.5 Å². The highest BCUT2D eigenvalue weighted by Crippen LogP contribution is 2.23. The lowest BCUT2D eigenvalue weighted by molar-refractivity contribution is 0.249. The van der Waals surface area contributed by atoms with Crippen LogP contribution in [0, 0.1) is 19.7 Å². The number of halogens is 1. The number of urea groups is 1. The number of nitrogens with one attached hydrogen (secondary N) is 2. The fourth-order valence-corrected chi connectivity index (χ4v) is 2.76. The molecule has 3 rings (SSSR count). The number of carbonyl (C=O) groups excluding carboxylic acids is 1. The lowest BCUT2D eigenvalue weighted by Gasteiger charge is -2.16. The number of thiazole rings is 1. The van der Waals surface area contributed by atoms with Gasteiger partial charge in [-0.25, -0.2) is 14.2 Å². The second-order valence-electron chi connectivity index (χ2n) is 5.00. The minimum Gasteiger partial charge on any atom is -0.340 e. The zero-order chi connectivity index (χ0) is 17.1. The predicted molar refractivity (Wildman–Crippen MR) is 86.3 cm³/mol. The molecule has 0 aliphatic carbocycles. The van der Waals surface area contributed by atoms with Gasteiger partial charge in [0.15, 0.2) is 11.0 Å². The van der Waals surface area contributed by atoms with Gasteiger partial charge in [-0.2, -0.15) is 4.98 Å². The number of hydrogen-bond acceptors (Lipinski definition) is 6. The maximum atomic E-state index is 14.1. The number of carbonyl (C=O) groups is 1. The van der Waals surface area contributed by atoms with Crippen molar-refractivity contribution in [2.75, 3.05) is 5.32 Å². The molecule has 0 saturated carbocycles. The SMILES string of the molecule is Cc1nc([C@@H](NC(=O)Nc2ncc(C)s2)c2ccccc2F)no1. The van der Waals surface area contributed by atoms with Crippen molar-refractivity contribution in [2.45, 2.75) is 19.9 Å². The summed E-state index contributed by atoms with van der Waals surface area (Å²) in [7, 11) is 0. The number of rotatable bonds is 4. The Morgan fingerprint density at radius 3 is 2.75 bits per heavy atom. The summed E-state index contributed by atoms with van der Waals surface area (Å²) in [6.07, 6.45) is 1.65. The molecule has 24 heavy (non-hydrogen) atoms. The van der Waals surface area contributed by atoms with E-state index >= 15 is 0 Å². The van der Waals surface area contributed by atoms with Crippen LogP contribution in [-0.2, 0) is 0 Å². The van der Waals surface area contributed by atoms with Crippen LogP contribution in [0.4, 0.5) is 14.3 Å². The van der Waals surface area contributed by atoms with Crippen LogP contribution in [0.25, 0.3) is 0 Å². The first kappa shape index (κ1) is 16.1. The zero-order valence-electron chi connectivity index (χ0n) is 12.9. The Morgan fingerprint density at radius 1 is 1.33 bits per heavy atom. The number of amides is 2. The fourth-order valence-electron chi connectivity index (χ4n) is 2.10. The highest BCUT2D eigenvalue weighted by Gasteiger charge is 2.25. The minimum absolute atomic E-state index is 0.170. The molecule has 124 valence electrons. The highest BCUT2D eigenvalue weighted by molar-refractivity contribution is 7.15. The molecular weight excluding hydrogens is 333 g/mol. The van der Waals surface area contributed by atoms with Crippen LogP contribution >= 0.6 is 11.3 Å². The van der Waals surface area contributed by atoms with Gasteiger partial charge in [0.2, 0.25) is 5.89 Å². The smallest absolute Gasteiger partial charge is 0.321 e. The second kappa shape index (κ2) is 6.75. The Morgan fingerprint density at radius 2 is 2.12 bits per heavy atom. The maximum Gasteiger partial charge on any atom is 0.321 e. The molecule has 0 aliphatic rings. The summed E-state index contributed by atoms with van der Waals surface area (Å²) in [5.41, 5.74) is 0.240. The normalized spacial score (nSPS) is 12.0. The van der Waals surface area contributed by atoms with Gasteiger partial charge in [0.25, 0.3) is 0 Å². The van der Waals surface area contributed by atoms with Gasteiger partial charge in [0.05, 0.1) is 0 Å². The Hall–Kier alpha value is -2.81. The van der Waals surface area contributed by atoms with E-state index in [1.54, 1.807) is 31.3 Å². The predicted octanol–water partition coefficient (Wildman–Crippen LogP) is 3.19. The van der Waals surface area contributed by atoms with E-state index in [2.05, 4.69) is 25.8 Å². The summed E-state index contributed by atoms with van der Waals surface area (Å²) in [6, 6.07) is 4.67. The summed E-state index contributed by atoms with van der Waals surface area (Å²) < 4.78 is 19.1. The highest BCUT2D eigenvalue weighted by atomic mass is 32.1. The third kappa shape index (κ3) is 3.57. The molecule has 9 heteroatoms. The maximum absolute atomic E-state index is 14.1. The first-order chi connectivity index (χ1) is 11.5. The Bertz CT molecular complexity index is 863. The summed E-state index contributed by atoms with van der Waals surface area (Å²) >= 11 is 1.34. The van der Waals surface area contributed by atoms with Crippen molar-refractivity contribution in [1.82, 2.24) is 20.4 Å². The Kier molecular flexibility index (Phi) is 4.52. The molecule has 0 radical (unpaired) electrons. The second-order valence-corrected chi connectivity index (χ2v) is 6.24. The van der Waals surface area contributed by atoms with Crippen LogP contribution in [0.1, 0.15) is 28.2 Å². The van der Waals surface area contributed by atoms with Crippen molar-refractivity contribution in [2.24, 2.45) is 0 Å². The van der Waals surface area contributed by atoms with Gasteiger partial charge in [-0.05, 0) is 13.0 Å². The van der Waals surface area contributed by atoms with Crippen LogP contribution in [-0.4, -0.2) is 21.2 Å². The van der Waals surface area contributed by atoms with Gasteiger partial charge in [-0.3, -0.25) is 5.32 Å². The average molecular weight is 347 g/mol. The standard InChI is InChI=1S/C15H14FN5O2S/c1-8-7-17-15(24-8)20-14(22)19-12(13-18-9(2)23-21-13)10-5-3-4-6-11(10)16/h3-7,12H,1-2H3,(H2,17,19,20,22)/t12-/m0/s1. The number of aryl methyl sites for hydroxylation is 2. The molecule has 0 bridgehead atoms. The number of anilines is 1. The van der Waals surface area contributed by atoms with Gasteiger partial charge in [0.1, 0.15) is 11.9 Å². The molecule has 0 unspecified atom stereocenters. The number of nitrogens with zero attached hydrogens (tertiary/aromatic N) is 3. The monoisotopic (exact) mass is 347 g/mol. The quantitative estimate of drug-likeness (QED) is 0.756. The van der Waals surface area contributed by atoms with E-state index in [0.29, 0.717) is 11.0 Å². The summed E-state index contributed by atoms with van der Waals surface area (Å²) in [6.45, 7) is 3.50. The Labute approximate surface area is 140 Å². The molecule has 0 fully saturated rings. The molecule has 2 amide bonds. The van der Waals surface area contributed by atoms with Gasteiger partial charge in [0, 0.05) is 23.6 Å². The Balaban J connectivity index is 1.85. The zero-order valence-corrected chi connectivity index (χ0v) is 13.7. The molecule has 2 aromatic heterocycles. The molecule has 0 aliphatic heterocycles. The lowest BCUT2D eigenvalue weighted by atomic mass is 10.1. The van der Waals surface area contributed by atoms with E-state index in [0.717, 1.165) is 4.88 Å². The topological polar surface area (TPSA) is 92.9 Å². The first-order valence-electron chi connectivity index (χ1n) is 7.07. The van der Waals surface area contributed by atoms with E-state index in [9.17, 15) is 9.18 Å². The molecule has 3 aromatic rings. The van der Waals surface area contributed by atoms with E-state index < -0.39 is 17.9 Å². The van der Waals surface area contributed by atoms with E-state index in [1.165, 1.54) is 17.4 Å². The van der Waals surface area contributed by atoms with Gasteiger partial charge < -0.3 is 9.84 Å². The van der Waals surface area contributed by atoms with Crippen LogP contribution in [0.5, 0.6) is 0 Å². The molecular formula is C15H14FN5O2S. The molecule has 0 spiro atoms.